The van der Waals surface area contributed by atoms with Crippen LogP contribution in [0.2, 0.25) is 0 Å². The predicted molar refractivity (Wildman–Crippen MR) is 121 cm³/mol. The smallest absolute Gasteiger partial charge is 0.248 e. The molecule has 0 N–H and O–H groups in total. The van der Waals surface area contributed by atoms with Gasteiger partial charge in [-0.25, -0.2) is 19.4 Å². The second kappa shape index (κ2) is 9.19. The number of hydrogen-bond acceptors (Lipinski definition) is 8. The Morgan fingerprint density at radius 3 is 2.52 bits per heavy atom. The van der Waals surface area contributed by atoms with Gasteiger partial charge >= 0.3 is 0 Å². The van der Waals surface area contributed by atoms with Crippen LogP contribution in [-0.4, -0.2) is 70.3 Å². The molecule has 0 unspecified atom stereocenters. The monoisotopic (exact) mass is 445 g/mol. The summed E-state index contributed by atoms with van der Waals surface area (Å²) in [6, 6.07) is 15.3. The van der Waals surface area contributed by atoms with E-state index in [9.17, 15) is 9.65 Å². The minimum absolute atomic E-state index is 0.192. The normalized spacial score (nSPS) is 17.4. The Morgan fingerprint density at radius 1 is 1.09 bits per heavy atom. The first kappa shape index (κ1) is 21.4. The number of ether oxygens (including phenoxy) is 1. The summed E-state index contributed by atoms with van der Waals surface area (Å²) in [4.78, 5) is 15.9. The van der Waals surface area contributed by atoms with E-state index in [4.69, 9.17) is 9.72 Å². The number of nitrogens with zero attached hydrogens (tertiary/aromatic N) is 7. The maximum absolute atomic E-state index is 14.0. The minimum Gasteiger partial charge on any atom is -0.378 e. The number of piperazine rings is 1. The van der Waals surface area contributed by atoms with Gasteiger partial charge in [-0.1, -0.05) is 18.2 Å². The number of aromatic nitrogens is 3. The first-order chi connectivity index (χ1) is 16.1. The van der Waals surface area contributed by atoms with Crippen molar-refractivity contribution < 1.29 is 9.13 Å². The van der Waals surface area contributed by atoms with Crippen LogP contribution in [0.1, 0.15) is 11.1 Å². The average molecular weight is 446 g/mol. The van der Waals surface area contributed by atoms with Gasteiger partial charge in [-0.05, 0) is 36.8 Å². The Kier molecular flexibility index (Phi) is 5.96. The van der Waals surface area contributed by atoms with Gasteiger partial charge in [-0.15, -0.1) is 0 Å². The Hall–Kier alpha value is -3.45. The first-order valence-electron chi connectivity index (χ1n) is 11.0. The van der Waals surface area contributed by atoms with Gasteiger partial charge in [0.15, 0.2) is 5.82 Å². The van der Waals surface area contributed by atoms with Crippen LogP contribution in [0.5, 0.6) is 0 Å². The van der Waals surface area contributed by atoms with Crippen molar-refractivity contribution >= 4 is 11.6 Å². The minimum atomic E-state index is -0.426. The highest BCUT2D eigenvalue weighted by molar-refractivity contribution is 5.67. The second-order valence-electron chi connectivity index (χ2n) is 8.20. The van der Waals surface area contributed by atoms with Crippen molar-refractivity contribution in [3.05, 3.63) is 65.7 Å². The Morgan fingerprint density at radius 2 is 1.85 bits per heavy atom. The maximum Gasteiger partial charge on any atom is 0.248 e. The van der Waals surface area contributed by atoms with Crippen LogP contribution >= 0.6 is 0 Å². The largest absolute Gasteiger partial charge is 0.378 e. The van der Waals surface area contributed by atoms with Crippen LogP contribution in [0.15, 0.2) is 48.8 Å². The molecule has 5 rings (SSSR count). The van der Waals surface area contributed by atoms with Crippen molar-refractivity contribution in [3.63, 3.8) is 0 Å². The zero-order valence-corrected chi connectivity index (χ0v) is 18.4. The van der Waals surface area contributed by atoms with E-state index in [0.717, 1.165) is 45.1 Å². The quantitative estimate of drug-likeness (QED) is 0.593. The second-order valence-corrected chi connectivity index (χ2v) is 8.20. The molecule has 0 amide bonds. The molecular weight excluding hydrogens is 421 g/mol. The van der Waals surface area contributed by atoms with Gasteiger partial charge in [0.1, 0.15) is 12.1 Å². The van der Waals surface area contributed by atoms with Crippen LogP contribution in [0.4, 0.5) is 16.0 Å². The highest BCUT2D eigenvalue weighted by Crippen LogP contribution is 2.29. The summed E-state index contributed by atoms with van der Waals surface area (Å²) < 4.78 is 19.4. The number of hydrazine groups is 1. The third kappa shape index (κ3) is 4.28. The van der Waals surface area contributed by atoms with Gasteiger partial charge in [-0.2, -0.15) is 15.2 Å². The fourth-order valence-corrected chi connectivity index (χ4v) is 4.16. The van der Waals surface area contributed by atoms with E-state index in [-0.39, 0.29) is 5.56 Å². The van der Waals surface area contributed by atoms with E-state index in [1.54, 1.807) is 13.0 Å². The molecule has 0 atom stereocenters. The predicted octanol–water partition coefficient (Wildman–Crippen LogP) is 2.93. The summed E-state index contributed by atoms with van der Waals surface area (Å²) in [7, 11) is 0. The molecule has 2 fully saturated rings. The van der Waals surface area contributed by atoms with Crippen molar-refractivity contribution in [2.75, 3.05) is 44.4 Å². The molecule has 168 valence electrons. The first-order valence-corrected chi connectivity index (χ1v) is 11.0. The number of anilines is 2. The van der Waals surface area contributed by atoms with E-state index in [0.29, 0.717) is 28.9 Å². The van der Waals surface area contributed by atoms with Gasteiger partial charge in [0.2, 0.25) is 5.95 Å². The number of nitriles is 1. The molecule has 0 saturated carbocycles. The van der Waals surface area contributed by atoms with Crippen molar-refractivity contribution in [3.8, 4) is 17.5 Å². The van der Waals surface area contributed by atoms with Crippen molar-refractivity contribution in [1.82, 2.24) is 24.9 Å². The molecule has 2 saturated heterocycles. The number of rotatable bonds is 5. The summed E-state index contributed by atoms with van der Waals surface area (Å²) in [5.41, 5.74) is 2.05. The number of benzene rings is 2. The van der Waals surface area contributed by atoms with Crippen LogP contribution in [-0.2, 0) is 4.74 Å². The summed E-state index contributed by atoms with van der Waals surface area (Å²) >= 11 is 0. The molecule has 3 heterocycles. The van der Waals surface area contributed by atoms with Gasteiger partial charge < -0.3 is 4.74 Å². The van der Waals surface area contributed by atoms with Crippen LogP contribution in [0.3, 0.4) is 0 Å². The fourth-order valence-electron chi connectivity index (χ4n) is 4.16. The third-order valence-corrected chi connectivity index (χ3v) is 6.12. The number of halogens is 1. The zero-order valence-electron chi connectivity index (χ0n) is 18.4. The molecule has 2 aliphatic heterocycles. The number of hydrogen-bond donors (Lipinski definition) is 0. The summed E-state index contributed by atoms with van der Waals surface area (Å²) in [6.45, 7) is 6.73. The highest BCUT2D eigenvalue weighted by atomic mass is 19.1. The molecular formula is C24H24FN7O. The average Bonchev–Trinajstić information content (AvgIpc) is 2.81. The molecule has 0 spiro atoms. The molecule has 0 bridgehead atoms. The molecule has 3 aromatic rings. The Bertz CT molecular complexity index is 1170. The van der Waals surface area contributed by atoms with Crippen molar-refractivity contribution in [1.29, 1.82) is 5.26 Å². The lowest BCUT2D eigenvalue weighted by Gasteiger charge is -2.45. The van der Waals surface area contributed by atoms with Crippen LogP contribution in [0.25, 0.3) is 11.4 Å². The fraction of sp³-hybridized carbons (Fsp3) is 0.333. The molecule has 8 nitrogen and oxygen atoms in total. The van der Waals surface area contributed by atoms with Gasteiger partial charge in [-0.3, -0.25) is 4.90 Å². The van der Waals surface area contributed by atoms with Crippen LogP contribution < -0.4 is 5.01 Å². The number of para-hydroxylation sites is 1. The van der Waals surface area contributed by atoms with E-state index in [1.165, 1.54) is 12.4 Å². The SMILES string of the molecule is Cc1cc(-c2ncnc(N(c3ccccc3)N3CCN(C4COC4)CC3)n2)c(C#N)cc1F. The summed E-state index contributed by atoms with van der Waals surface area (Å²) in [6.07, 6.45) is 1.44. The standard InChI is InChI=1S/C24H24FN7O/c1-17-11-21(18(13-26)12-22(17)25)23-27-16-28-24(29-23)32(19-5-3-2-4-6-19)31-9-7-30(8-10-31)20-14-33-15-20/h2-6,11-12,16,20H,7-10,14-15H2,1H3. The Balaban J connectivity index is 1.49. The van der Waals surface area contributed by atoms with Crippen molar-refractivity contribution in [2.45, 2.75) is 13.0 Å². The van der Waals surface area contributed by atoms with Gasteiger partial charge in [0.25, 0.3) is 0 Å². The van der Waals surface area contributed by atoms with E-state index >= 15 is 0 Å². The maximum atomic E-state index is 14.0. The van der Waals surface area contributed by atoms with Crippen molar-refractivity contribution in [2.24, 2.45) is 0 Å². The lowest BCUT2D eigenvalue weighted by Crippen LogP contribution is -2.59. The lowest BCUT2D eigenvalue weighted by atomic mass is 10.0. The zero-order chi connectivity index (χ0) is 22.8. The topological polar surface area (TPSA) is 81.4 Å². The molecule has 2 aliphatic rings. The molecule has 2 aromatic carbocycles. The highest BCUT2D eigenvalue weighted by Gasteiger charge is 2.32. The Labute approximate surface area is 191 Å². The van der Waals surface area contributed by atoms with E-state index in [1.807, 2.05) is 35.3 Å². The van der Waals surface area contributed by atoms with Gasteiger partial charge in [0.05, 0.1) is 36.6 Å². The summed E-state index contributed by atoms with van der Waals surface area (Å²) in [5.74, 6) is 0.369. The third-order valence-electron chi connectivity index (χ3n) is 6.12. The van der Waals surface area contributed by atoms with Crippen LogP contribution in [0, 0.1) is 24.1 Å². The molecule has 0 radical (unpaired) electrons. The molecule has 0 aliphatic carbocycles. The van der Waals surface area contributed by atoms with Gasteiger partial charge in [0, 0.05) is 31.7 Å². The lowest BCUT2D eigenvalue weighted by molar-refractivity contribution is -0.0769. The molecule has 33 heavy (non-hydrogen) atoms. The molecule has 9 heteroatoms. The van der Waals surface area contributed by atoms with E-state index < -0.39 is 5.82 Å². The molecule has 1 aromatic heterocycles. The van der Waals surface area contributed by atoms with E-state index in [2.05, 4.69) is 25.9 Å². The summed E-state index contributed by atoms with van der Waals surface area (Å²) in [5, 5.41) is 13.8. The number of aryl methyl sites for hydroxylation is 1.